The lowest BCUT2D eigenvalue weighted by atomic mass is 9.95. The Hall–Kier alpha value is -1.20. The van der Waals surface area contributed by atoms with E-state index in [4.69, 9.17) is 71.1 Å². The number of fused-ring (bicyclic) bond motifs is 21. The monoisotopic (exact) mass is 1080 g/mol. The van der Waals surface area contributed by atoms with Crippen LogP contribution in [0, 0.1) is 0 Å². The van der Waals surface area contributed by atoms with E-state index < -0.39 is 156 Å². The van der Waals surface area contributed by atoms with Gasteiger partial charge >= 0.3 is 0 Å². The van der Waals surface area contributed by atoms with Crippen molar-refractivity contribution >= 4 is 0 Å². The molecule has 0 aromatic carbocycles. The predicted molar refractivity (Wildman–Crippen MR) is 240 cm³/mol. The van der Waals surface area contributed by atoms with Gasteiger partial charge in [0.05, 0.1) is 112 Å². The van der Waals surface area contributed by atoms with E-state index in [0.29, 0.717) is 92.2 Å². The van der Waals surface area contributed by atoms with Crippen LogP contribution in [0.25, 0.3) is 0 Å². The van der Waals surface area contributed by atoms with E-state index in [1.54, 1.807) is 0 Å². The molecule has 7 heterocycles. The van der Waals surface area contributed by atoms with Gasteiger partial charge in [-0.2, -0.15) is 0 Å². The molecular formula is C44H80N2O28. The normalized spacial score (nSPS) is 44.6. The number of hydrogen-bond donors (Lipinski definition) is 13. The van der Waals surface area contributed by atoms with Crippen molar-refractivity contribution in [3.05, 3.63) is 0 Å². The van der Waals surface area contributed by atoms with Gasteiger partial charge in [0.2, 0.25) is 0 Å². The quantitative estimate of drug-likeness (QED) is 0.0677. The Morgan fingerprint density at radius 3 is 1.28 bits per heavy atom. The van der Waals surface area contributed by atoms with Crippen molar-refractivity contribution < 1.29 is 137 Å². The molecule has 7 rings (SSSR count). The first-order chi connectivity index (χ1) is 35.8. The van der Waals surface area contributed by atoms with Gasteiger partial charge in [-0.3, -0.25) is 9.80 Å². The topological polar surface area (TPSA) is 408 Å². The SMILES string of the molecule is OCC1O[C@@H](O[C@@H]2C(CO)O[C@@H](O[C@@H]3C(CO)O[C@@H](O[C@@H]4C(CO)O[C@@H](O)[C@@H](O)C4O)[C@@H](O)C3O)[C@@H](OCCOC3CN4CCOCCOCCN(CCOCCOCC4)CCOCCO3)C2O)[C@@H](O)C(O)[C@@H]1O. The molecule has 13 N–H and O–H groups in total. The van der Waals surface area contributed by atoms with E-state index >= 15 is 0 Å². The van der Waals surface area contributed by atoms with Crippen LogP contribution in [0.15, 0.2) is 0 Å². The molecule has 21 atom stereocenters. The molecule has 9 unspecified atom stereocenters. The van der Waals surface area contributed by atoms with Crippen molar-refractivity contribution in [3.8, 4) is 0 Å². The molecule has 0 spiro atoms. The molecule has 7 aliphatic heterocycles. The standard InChI is InChI=1S/C44H80N2O28/c47-20-24-29(51)30(52)34(56)42(69-24)73-39-27(23-50)71-44(74-38-26(22-49)70-43(35(57)32(38)54)72-37-25(21-48)68-41(59)33(55)31(37)53)40(36(39)58)67-18-17-66-28-19-46-4-9-62-13-11-60-6-1-45(3-8-64-15-16-65-28)2-7-61-12-14-63-10-5-46/h24-44,47-59H,1-23H2/t24?,25?,26?,27?,28?,29-,30?,31?,32?,33+,34+,35+,36?,37-,38-,39-,40+,41-,42+,43+,44+/m1/s1. The third kappa shape index (κ3) is 17.4. The van der Waals surface area contributed by atoms with Crippen molar-refractivity contribution in [1.29, 1.82) is 0 Å². The minimum Gasteiger partial charge on any atom is -0.394 e. The van der Waals surface area contributed by atoms with Crippen molar-refractivity contribution in [2.45, 2.75) is 129 Å². The van der Waals surface area contributed by atoms with Crippen LogP contribution in [-0.2, 0) is 71.1 Å². The van der Waals surface area contributed by atoms with Gasteiger partial charge in [0.15, 0.2) is 31.5 Å². The lowest BCUT2D eigenvalue weighted by Gasteiger charge is -2.49. The highest BCUT2D eigenvalue weighted by Gasteiger charge is 2.55. The largest absolute Gasteiger partial charge is 0.394 e. The van der Waals surface area contributed by atoms with Gasteiger partial charge in [0.1, 0.15) is 97.7 Å². The van der Waals surface area contributed by atoms with Crippen LogP contribution >= 0.6 is 0 Å². The summed E-state index contributed by atoms with van der Waals surface area (Å²) >= 11 is 0. The Kier molecular flexibility index (Phi) is 26.9. The number of aliphatic hydroxyl groups excluding tert-OH is 13. The van der Waals surface area contributed by atoms with Gasteiger partial charge < -0.3 is 137 Å². The maximum atomic E-state index is 12.0. The summed E-state index contributed by atoms with van der Waals surface area (Å²) in [5.41, 5.74) is 0. The van der Waals surface area contributed by atoms with Gasteiger partial charge in [-0.05, 0) is 0 Å². The second-order valence-electron chi connectivity index (χ2n) is 18.4. The van der Waals surface area contributed by atoms with E-state index in [1.165, 1.54) is 0 Å². The fourth-order valence-corrected chi connectivity index (χ4v) is 9.02. The smallest absolute Gasteiger partial charge is 0.187 e. The average Bonchev–Trinajstić information content (AvgIpc) is 3.39. The summed E-state index contributed by atoms with van der Waals surface area (Å²) in [6.07, 6.45) is -36.4. The molecule has 7 fully saturated rings. The van der Waals surface area contributed by atoms with Crippen LogP contribution in [-0.4, -0.2) is 357 Å². The molecule has 0 saturated carbocycles. The van der Waals surface area contributed by atoms with Crippen molar-refractivity contribution in [2.24, 2.45) is 0 Å². The summed E-state index contributed by atoms with van der Waals surface area (Å²) in [6, 6.07) is 0. The lowest BCUT2D eigenvalue weighted by Crippen LogP contribution is -2.67. The van der Waals surface area contributed by atoms with Gasteiger partial charge in [0.25, 0.3) is 0 Å². The predicted octanol–water partition coefficient (Wildman–Crippen LogP) is -9.65. The molecule has 30 nitrogen and oxygen atoms in total. The summed E-state index contributed by atoms with van der Waals surface area (Å²) in [5, 5.41) is 138. The molecule has 434 valence electrons. The summed E-state index contributed by atoms with van der Waals surface area (Å²) in [4.78, 5) is 4.21. The van der Waals surface area contributed by atoms with Crippen LogP contribution in [0.4, 0.5) is 0 Å². The Morgan fingerprint density at radius 2 is 0.757 bits per heavy atom. The summed E-state index contributed by atoms with van der Waals surface area (Å²) in [6.45, 7) is 3.24. The number of rotatable bonds is 15. The number of aliphatic hydroxyl groups is 13. The molecule has 0 aliphatic carbocycles. The highest BCUT2D eigenvalue weighted by molar-refractivity contribution is 4.98. The zero-order valence-electron chi connectivity index (χ0n) is 41.2. The van der Waals surface area contributed by atoms with Gasteiger partial charge in [-0.15, -0.1) is 0 Å². The van der Waals surface area contributed by atoms with Crippen LogP contribution < -0.4 is 0 Å². The molecule has 0 aromatic heterocycles. The van der Waals surface area contributed by atoms with Crippen molar-refractivity contribution in [2.75, 3.05) is 152 Å². The Morgan fingerprint density at radius 1 is 0.351 bits per heavy atom. The second kappa shape index (κ2) is 32.2. The number of ether oxygens (including phenoxy) is 15. The van der Waals surface area contributed by atoms with Crippen LogP contribution in [0.5, 0.6) is 0 Å². The first-order valence-corrected chi connectivity index (χ1v) is 25.1. The second-order valence-corrected chi connectivity index (χ2v) is 18.4. The molecule has 0 radical (unpaired) electrons. The van der Waals surface area contributed by atoms with E-state index in [0.717, 1.165) is 0 Å². The molecule has 0 aromatic rings. The zero-order chi connectivity index (χ0) is 53.1. The fraction of sp³-hybridized carbons (Fsp3) is 1.00. The highest BCUT2D eigenvalue weighted by atomic mass is 16.8. The number of hydrogen-bond acceptors (Lipinski definition) is 30. The van der Waals surface area contributed by atoms with Gasteiger partial charge in [-0.25, -0.2) is 0 Å². The molecule has 7 saturated heterocycles. The van der Waals surface area contributed by atoms with E-state index in [2.05, 4.69) is 4.90 Å². The minimum atomic E-state index is -2.05. The first kappa shape index (κ1) is 62.0. The Balaban J connectivity index is 1.18. The van der Waals surface area contributed by atoms with Crippen LogP contribution in [0.3, 0.4) is 0 Å². The molecule has 30 heteroatoms. The lowest BCUT2D eigenvalue weighted by molar-refractivity contribution is -0.390. The zero-order valence-corrected chi connectivity index (χ0v) is 41.2. The first-order valence-electron chi connectivity index (χ1n) is 25.1. The minimum absolute atomic E-state index is 0.140. The maximum absolute atomic E-state index is 12.0. The van der Waals surface area contributed by atoms with Gasteiger partial charge in [0, 0.05) is 39.3 Å². The molecule has 7 aliphatic rings. The summed E-state index contributed by atoms with van der Waals surface area (Å²) < 4.78 is 87.9. The maximum Gasteiger partial charge on any atom is 0.187 e. The molecular weight excluding hydrogens is 1000 g/mol. The van der Waals surface area contributed by atoms with Crippen molar-refractivity contribution in [3.63, 3.8) is 0 Å². The van der Waals surface area contributed by atoms with E-state index in [1.807, 2.05) is 4.90 Å². The fourth-order valence-electron chi connectivity index (χ4n) is 9.02. The van der Waals surface area contributed by atoms with E-state index in [-0.39, 0.29) is 33.0 Å². The highest BCUT2D eigenvalue weighted by Crippen LogP contribution is 2.35. The molecule has 2 bridgehead atoms. The summed E-state index contributed by atoms with van der Waals surface area (Å²) in [5.74, 6) is 0. The Bertz CT molecular complexity index is 1500. The van der Waals surface area contributed by atoms with E-state index in [9.17, 15) is 66.4 Å². The van der Waals surface area contributed by atoms with Crippen LogP contribution in [0.1, 0.15) is 0 Å². The number of nitrogens with zero attached hydrogens (tertiary/aromatic N) is 2. The van der Waals surface area contributed by atoms with Crippen molar-refractivity contribution in [1.82, 2.24) is 9.80 Å². The third-order valence-corrected chi connectivity index (χ3v) is 13.3. The molecule has 0 amide bonds. The summed E-state index contributed by atoms with van der Waals surface area (Å²) in [7, 11) is 0. The van der Waals surface area contributed by atoms with Gasteiger partial charge in [-0.1, -0.05) is 0 Å². The molecule has 74 heavy (non-hydrogen) atoms. The van der Waals surface area contributed by atoms with Crippen LogP contribution in [0.2, 0.25) is 0 Å². The third-order valence-electron chi connectivity index (χ3n) is 13.3. The average molecular weight is 1090 g/mol. The Labute approximate surface area is 427 Å².